The van der Waals surface area contributed by atoms with Crippen molar-refractivity contribution in [2.24, 2.45) is 17.8 Å². The molecule has 11 atom stereocenters. The first-order chi connectivity index (χ1) is 65.8. The second-order valence-electron chi connectivity index (χ2n) is 29.9. The van der Waals surface area contributed by atoms with Gasteiger partial charge in [0.15, 0.2) is 0 Å². The van der Waals surface area contributed by atoms with Crippen LogP contribution >= 0.6 is 0 Å². The van der Waals surface area contributed by atoms with Crippen LogP contribution in [0, 0.1) is 17.8 Å². The second kappa shape index (κ2) is 123. The number of carbonyl (C=O) groups is 3. The molecule has 1 N–H and O–H groups in total. The first kappa shape index (κ1) is 143. The summed E-state index contributed by atoms with van der Waals surface area (Å²) in [4.78, 5) is 33.5. The zero-order valence-electron chi connectivity index (χ0n) is 88.0. The van der Waals surface area contributed by atoms with E-state index in [4.69, 9.17) is 175 Å². The minimum atomic E-state index is -0.470. The molecule has 0 heterocycles. The van der Waals surface area contributed by atoms with Crippen molar-refractivity contribution in [3.63, 3.8) is 0 Å². The van der Waals surface area contributed by atoms with E-state index in [1.807, 2.05) is 0 Å². The Labute approximate surface area is 813 Å². The van der Waals surface area contributed by atoms with Crippen molar-refractivity contribution in [1.82, 2.24) is 5.32 Å². The highest BCUT2D eigenvalue weighted by Gasteiger charge is 2.21. The molecule has 0 rings (SSSR count). The number of amides is 1. The van der Waals surface area contributed by atoms with Gasteiger partial charge in [-0.25, -0.2) is 4.79 Å². The molecule has 0 saturated heterocycles. The molecular weight excluding hydrogens is 1780 g/mol. The maximum atomic E-state index is 11.6. The number of methoxy groups -OCH3 is 13. The lowest BCUT2D eigenvalue weighted by Gasteiger charge is -2.24. The van der Waals surface area contributed by atoms with E-state index in [0.717, 1.165) is 45.3 Å². The fraction of sp³-hybridized carbons (Fsp3) is 0.968. The van der Waals surface area contributed by atoms with Crippen LogP contribution in [0.25, 0.3) is 0 Å². The zero-order valence-corrected chi connectivity index (χ0v) is 88.0. The summed E-state index contributed by atoms with van der Waals surface area (Å²) in [5.74, 6) is 1.20. The van der Waals surface area contributed by atoms with Gasteiger partial charge in [-0.3, -0.25) is 9.59 Å². The highest BCUT2D eigenvalue weighted by atomic mass is 16.6. The number of alkyl carbamates (subject to hydrolysis) is 1. The van der Waals surface area contributed by atoms with Gasteiger partial charge in [0.1, 0.15) is 49.8 Å². The van der Waals surface area contributed by atoms with Crippen molar-refractivity contribution >= 4 is 18.0 Å². The summed E-state index contributed by atoms with van der Waals surface area (Å²) < 4.78 is 198. The maximum absolute atomic E-state index is 11.6. The lowest BCUT2D eigenvalue weighted by atomic mass is 9.84. The number of esters is 2. The third-order valence-electron chi connectivity index (χ3n) is 18.3. The van der Waals surface area contributed by atoms with Crippen molar-refractivity contribution in [3.05, 3.63) is 0 Å². The Morgan fingerprint density at radius 1 is 0.207 bits per heavy atom. The van der Waals surface area contributed by atoms with Crippen LogP contribution in [0.5, 0.6) is 0 Å². The predicted octanol–water partition coefficient (Wildman–Crippen LogP) is 7.82. The molecule has 0 radical (unpaired) electrons. The van der Waals surface area contributed by atoms with Crippen LogP contribution in [0.1, 0.15) is 108 Å². The molecule has 41 heteroatoms. The average Bonchev–Trinajstić information content (AvgIpc) is 0.930. The van der Waals surface area contributed by atoms with Crippen LogP contribution in [0.4, 0.5) is 4.79 Å². The van der Waals surface area contributed by atoms with Crippen LogP contribution < -0.4 is 5.32 Å². The number of hydrogen-bond donors (Lipinski definition) is 1. The molecule has 0 aromatic heterocycles. The molecule has 0 fully saturated rings. The average molecular weight is 1980 g/mol. The zero-order chi connectivity index (χ0) is 101. The number of carbonyl (C=O) groups excluding carboxylic acids is 3. The molecule has 0 saturated carbocycles. The number of hydrogen-bond acceptors (Lipinski definition) is 40. The van der Waals surface area contributed by atoms with Crippen LogP contribution in [0.15, 0.2) is 0 Å². The van der Waals surface area contributed by atoms with Gasteiger partial charge in [0.2, 0.25) is 0 Å². The third kappa shape index (κ3) is 118. The van der Waals surface area contributed by atoms with Crippen LogP contribution in [0.2, 0.25) is 0 Å². The minimum absolute atomic E-state index is 0.0102. The summed E-state index contributed by atoms with van der Waals surface area (Å²) in [6.07, 6.45) is 3.93. The van der Waals surface area contributed by atoms with Crippen LogP contribution in [-0.4, -0.2) is 496 Å². The Kier molecular flexibility index (Phi) is 130. The molecule has 816 valence electrons. The molecule has 41 nitrogen and oxygen atoms in total. The largest absolute Gasteiger partial charge is 0.466 e. The summed E-state index contributed by atoms with van der Waals surface area (Å²) in [6.45, 7) is 43.6. The first-order valence-electron chi connectivity index (χ1n) is 47.7. The summed E-state index contributed by atoms with van der Waals surface area (Å²) >= 11 is 0. The first-order valence-corrected chi connectivity index (χ1v) is 47.7. The monoisotopic (exact) mass is 1980 g/mol. The summed E-state index contributed by atoms with van der Waals surface area (Å²) in [5, 5.41) is 2.68. The van der Waals surface area contributed by atoms with Crippen molar-refractivity contribution in [3.8, 4) is 0 Å². The Morgan fingerprint density at radius 2 is 0.415 bits per heavy atom. The molecule has 0 aliphatic carbocycles. The lowest BCUT2D eigenvalue weighted by molar-refractivity contribution is -0.148. The quantitative estimate of drug-likeness (QED) is 0.0344. The number of ether oxygens (including phenoxy) is 37. The molecule has 0 aliphatic heterocycles. The number of rotatable bonds is 99. The highest BCUT2D eigenvalue weighted by molar-refractivity contribution is 5.67. The fourth-order valence-electron chi connectivity index (χ4n) is 10.0. The Morgan fingerprint density at radius 3 is 0.644 bits per heavy atom. The van der Waals surface area contributed by atoms with Gasteiger partial charge in [-0.2, -0.15) is 0 Å². The van der Waals surface area contributed by atoms with Gasteiger partial charge in [0.25, 0.3) is 0 Å². The third-order valence-corrected chi connectivity index (χ3v) is 18.3. The van der Waals surface area contributed by atoms with Crippen molar-refractivity contribution in [1.29, 1.82) is 0 Å². The maximum Gasteiger partial charge on any atom is 0.407 e. The Bertz CT molecular complexity index is 2210. The fourth-order valence-corrected chi connectivity index (χ4v) is 10.0. The van der Waals surface area contributed by atoms with Crippen LogP contribution in [0.3, 0.4) is 0 Å². The molecule has 0 spiro atoms. The minimum Gasteiger partial charge on any atom is -0.466 e. The van der Waals surface area contributed by atoms with E-state index in [0.29, 0.717) is 315 Å². The molecular formula is C94H195NO40. The highest BCUT2D eigenvalue weighted by Crippen LogP contribution is 2.23. The van der Waals surface area contributed by atoms with Gasteiger partial charge in [0, 0.05) is 133 Å². The van der Waals surface area contributed by atoms with Gasteiger partial charge < -0.3 is 181 Å². The van der Waals surface area contributed by atoms with Crippen molar-refractivity contribution in [2.45, 2.75) is 157 Å². The van der Waals surface area contributed by atoms with E-state index in [-0.39, 0.29) is 75.1 Å². The molecule has 0 aliphatic rings. The summed E-state index contributed by atoms with van der Waals surface area (Å²) in [7, 11) is 21.3. The van der Waals surface area contributed by atoms with E-state index >= 15 is 0 Å². The van der Waals surface area contributed by atoms with Crippen molar-refractivity contribution < 1.29 is 190 Å². The molecule has 135 heavy (non-hydrogen) atoms. The second-order valence-corrected chi connectivity index (χ2v) is 29.9. The van der Waals surface area contributed by atoms with Gasteiger partial charge in [-0.1, -0.05) is 61.8 Å². The molecule has 1 amide bonds. The molecule has 0 aromatic rings. The van der Waals surface area contributed by atoms with Gasteiger partial charge in [-0.15, -0.1) is 0 Å². The van der Waals surface area contributed by atoms with E-state index in [1.165, 1.54) is 20.3 Å². The molecule has 11 unspecified atom stereocenters. The topological polar surface area (TPSA) is 405 Å². The molecule has 0 aromatic carbocycles. The molecule has 0 bridgehead atoms. The lowest BCUT2D eigenvalue weighted by Crippen LogP contribution is -2.33. The Hall–Kier alpha value is -3.15. The van der Waals surface area contributed by atoms with Crippen LogP contribution in [-0.2, 0) is 185 Å². The van der Waals surface area contributed by atoms with E-state index in [2.05, 4.69) is 60.7 Å². The number of nitrogens with one attached hydrogen (secondary N) is 1. The van der Waals surface area contributed by atoms with E-state index in [1.54, 1.807) is 92.4 Å². The summed E-state index contributed by atoms with van der Waals surface area (Å²) in [5.41, 5.74) is 0. The van der Waals surface area contributed by atoms with E-state index in [9.17, 15) is 14.4 Å². The SMILES string of the molecule is CCC(C)C(C)C(C)COC(C)=O.CCC(COCCOC)OCCOC.CCC(COCCOCC(COCCOC)OCCOC)OCCOCC(COCCOC)OCCOC.CCCOC.CCCOCCCNC(=O)OCC(COCCOC)OCCOC.COCCOCC(COCCOCC(COC(C)=O)OCCOCC(COCCOC)OCCOC)OCCOC. The van der Waals surface area contributed by atoms with Gasteiger partial charge in [-0.05, 0) is 49.9 Å². The normalized spacial score (nSPS) is 13.7. The summed E-state index contributed by atoms with van der Waals surface area (Å²) in [6, 6.07) is 0. The van der Waals surface area contributed by atoms with E-state index < -0.39 is 18.2 Å². The predicted molar refractivity (Wildman–Crippen MR) is 509 cm³/mol. The van der Waals surface area contributed by atoms with Gasteiger partial charge >= 0.3 is 18.0 Å². The van der Waals surface area contributed by atoms with Crippen molar-refractivity contribution in [2.75, 3.05) is 429 Å². The smallest absolute Gasteiger partial charge is 0.407 e. The van der Waals surface area contributed by atoms with Gasteiger partial charge in [0.05, 0.1) is 310 Å². The Balaban J connectivity index is -0.000000403. The standard InChI is InChI=1S/C27H54O14.C26H54O12.C16H33NO7.C11H22O2.C10H22O4.C4H10O/c1-24(28)41-23-27(40-17-14-37-21-26(39-16-9-32-5)19-34-11-7-30-3)22-36-13-12-35-20-25(38-15-8-31-4)18-33-10-6-29-2;1-6-24(36-18-15-35-23-26(38-17-10-30-5)21-32-12-8-28-3)19-33-13-14-34-22-25(37-16-9-29-4)20-31-11-7-27-2;1-4-7-21-8-5-6-17-16(18)24-14-15(23-12-10-20-3)13-22-11-9-19-2;1-6-8(2)10(4)9(3)7-13-11(5)12;1-4-10(14-8-6-12-3)9-13-7-5-11-2;1-3-4-5-2/h25-27H,6-23H2,1-5H3;24-26H,6-23H2,1-5H3;15H,4-14H2,1-3H3,(H,17,18);8-10H,6-7H2,1-5H3;10H,4-9H2,1-3H3;3-4H2,1-2H3.